The Labute approximate surface area is 192 Å². The Morgan fingerprint density at radius 3 is 2.37 bits per heavy atom. The van der Waals surface area contributed by atoms with Gasteiger partial charge >= 0.3 is 0 Å². The molecule has 0 aliphatic heterocycles. The highest BCUT2D eigenvalue weighted by Gasteiger charge is 2.12. The second kappa shape index (κ2) is 10.2. The Hall–Kier alpha value is -2.88. The minimum atomic E-state index is -0.472. The summed E-state index contributed by atoms with van der Waals surface area (Å²) < 4.78 is 7.77. The van der Waals surface area contributed by atoms with Gasteiger partial charge in [0.25, 0.3) is 5.91 Å². The van der Waals surface area contributed by atoms with Crippen molar-refractivity contribution in [3.8, 4) is 11.8 Å². The molecule has 0 spiro atoms. The summed E-state index contributed by atoms with van der Waals surface area (Å²) in [6.07, 6.45) is 1.53. The van der Waals surface area contributed by atoms with Crippen molar-refractivity contribution in [3.63, 3.8) is 0 Å². The second-order valence-electron chi connectivity index (χ2n) is 6.59. The average molecular weight is 526 g/mol. The lowest BCUT2D eigenvalue weighted by molar-refractivity contribution is -0.112. The zero-order valence-corrected chi connectivity index (χ0v) is 19.3. The maximum Gasteiger partial charge on any atom is 0.266 e. The van der Waals surface area contributed by atoms with Gasteiger partial charge in [-0.3, -0.25) is 4.79 Å². The lowest BCUT2D eigenvalue weighted by Crippen LogP contribution is -2.13. The van der Waals surface area contributed by atoms with Crippen LogP contribution in [0, 0.1) is 18.3 Å². The van der Waals surface area contributed by atoms with E-state index >= 15 is 0 Å². The molecule has 0 saturated carbocycles. The van der Waals surface area contributed by atoms with E-state index in [-0.39, 0.29) is 5.57 Å². The Morgan fingerprint density at radius 1 is 1.03 bits per heavy atom. The van der Waals surface area contributed by atoms with E-state index < -0.39 is 5.91 Å². The molecule has 0 unspecified atom stereocenters. The van der Waals surface area contributed by atoms with Crippen LogP contribution >= 0.6 is 31.9 Å². The number of nitriles is 1. The van der Waals surface area contributed by atoms with Gasteiger partial charge in [0, 0.05) is 20.2 Å². The Kier molecular flexibility index (Phi) is 7.45. The van der Waals surface area contributed by atoms with Crippen molar-refractivity contribution in [1.29, 1.82) is 5.26 Å². The van der Waals surface area contributed by atoms with Gasteiger partial charge in [0.15, 0.2) is 0 Å². The topological polar surface area (TPSA) is 62.1 Å². The highest BCUT2D eigenvalue weighted by Crippen LogP contribution is 2.27. The van der Waals surface area contributed by atoms with E-state index in [2.05, 4.69) is 37.2 Å². The number of nitrogens with one attached hydrogen (secondary N) is 1. The average Bonchev–Trinajstić information content (AvgIpc) is 2.74. The number of amides is 1. The molecule has 0 bridgehead atoms. The molecule has 0 radical (unpaired) electrons. The molecular formula is C24H18Br2N2O2. The molecule has 0 atom stereocenters. The summed E-state index contributed by atoms with van der Waals surface area (Å²) in [4.78, 5) is 12.6. The monoisotopic (exact) mass is 524 g/mol. The van der Waals surface area contributed by atoms with E-state index in [0.717, 1.165) is 20.1 Å². The normalized spacial score (nSPS) is 10.9. The summed E-state index contributed by atoms with van der Waals surface area (Å²) in [6, 6.07) is 22.7. The maximum atomic E-state index is 12.6. The third kappa shape index (κ3) is 6.06. The molecular weight excluding hydrogens is 508 g/mol. The summed E-state index contributed by atoms with van der Waals surface area (Å²) in [7, 11) is 0. The number of benzene rings is 3. The van der Waals surface area contributed by atoms with Gasteiger partial charge < -0.3 is 10.1 Å². The molecule has 6 heteroatoms. The van der Waals surface area contributed by atoms with E-state index in [4.69, 9.17) is 4.74 Å². The van der Waals surface area contributed by atoms with Gasteiger partial charge in [-0.15, -0.1) is 0 Å². The van der Waals surface area contributed by atoms with Crippen LogP contribution in [-0.2, 0) is 11.4 Å². The zero-order valence-electron chi connectivity index (χ0n) is 16.2. The Morgan fingerprint density at radius 2 is 1.70 bits per heavy atom. The van der Waals surface area contributed by atoms with Crippen LogP contribution in [0.5, 0.6) is 5.75 Å². The van der Waals surface area contributed by atoms with Gasteiger partial charge in [0.05, 0.1) is 0 Å². The van der Waals surface area contributed by atoms with Crippen molar-refractivity contribution in [1.82, 2.24) is 0 Å². The Balaban J connectivity index is 1.81. The molecule has 3 rings (SSSR count). The molecule has 0 aliphatic carbocycles. The first-order chi connectivity index (χ1) is 14.4. The number of nitrogens with zero attached hydrogens (tertiary/aromatic N) is 1. The minimum absolute atomic E-state index is 0.0119. The van der Waals surface area contributed by atoms with Gasteiger partial charge in [0.2, 0.25) is 0 Å². The van der Waals surface area contributed by atoms with E-state index in [1.807, 2.05) is 67.6 Å². The van der Waals surface area contributed by atoms with Crippen LogP contribution < -0.4 is 10.1 Å². The van der Waals surface area contributed by atoms with Gasteiger partial charge in [-0.25, -0.2) is 0 Å². The molecule has 150 valence electrons. The molecule has 0 aliphatic rings. The van der Waals surface area contributed by atoms with Gasteiger partial charge in [0.1, 0.15) is 24.0 Å². The summed E-state index contributed by atoms with van der Waals surface area (Å²) in [5, 5.41) is 12.3. The number of carbonyl (C=O) groups is 1. The first-order valence-corrected chi connectivity index (χ1v) is 10.7. The predicted molar refractivity (Wildman–Crippen MR) is 126 cm³/mol. The minimum Gasteiger partial charge on any atom is -0.488 e. The smallest absolute Gasteiger partial charge is 0.266 e. The van der Waals surface area contributed by atoms with Crippen LogP contribution in [-0.4, -0.2) is 5.91 Å². The number of aryl methyl sites for hydroxylation is 1. The van der Waals surface area contributed by atoms with E-state index in [1.54, 1.807) is 12.1 Å². The van der Waals surface area contributed by atoms with Crippen LogP contribution in [0.3, 0.4) is 0 Å². The van der Waals surface area contributed by atoms with Gasteiger partial charge in [-0.1, -0.05) is 61.7 Å². The van der Waals surface area contributed by atoms with Crippen LogP contribution in [0.15, 0.2) is 81.2 Å². The van der Waals surface area contributed by atoms with Crippen LogP contribution in [0.1, 0.15) is 16.7 Å². The fraction of sp³-hybridized carbons (Fsp3) is 0.0833. The number of ether oxygens (including phenoxy) is 1. The van der Waals surface area contributed by atoms with Crippen molar-refractivity contribution in [3.05, 3.63) is 97.9 Å². The maximum absolute atomic E-state index is 12.6. The fourth-order valence-electron chi connectivity index (χ4n) is 2.64. The standard InChI is InChI=1S/C24H18Br2N2O2/c1-16-2-9-22(10-3-16)28-24(29)19(14-27)12-18-13-21(26)8-11-23(18)30-15-17-4-6-20(25)7-5-17/h2-13H,15H2,1H3,(H,28,29)/b19-12+. The number of hydrogen-bond acceptors (Lipinski definition) is 3. The van der Waals surface area contributed by atoms with E-state index in [1.165, 1.54) is 6.08 Å². The van der Waals surface area contributed by atoms with Crippen LogP contribution in [0.2, 0.25) is 0 Å². The predicted octanol–water partition coefficient (Wildman–Crippen LogP) is 6.64. The SMILES string of the molecule is Cc1ccc(NC(=O)/C(C#N)=C/c2cc(Br)ccc2OCc2ccc(Br)cc2)cc1. The van der Waals surface area contributed by atoms with Crippen molar-refractivity contribution < 1.29 is 9.53 Å². The Bertz CT molecular complexity index is 1120. The molecule has 0 fully saturated rings. The number of carbonyl (C=O) groups excluding carboxylic acids is 1. The molecule has 0 aromatic heterocycles. The molecule has 1 N–H and O–H groups in total. The number of rotatable bonds is 6. The molecule has 0 saturated heterocycles. The highest BCUT2D eigenvalue weighted by molar-refractivity contribution is 9.10. The molecule has 3 aromatic carbocycles. The number of hydrogen-bond donors (Lipinski definition) is 1. The summed E-state index contributed by atoms with van der Waals surface area (Å²) in [5.41, 5.74) is 3.35. The van der Waals surface area contributed by atoms with Crippen molar-refractivity contribution in [2.45, 2.75) is 13.5 Å². The third-order valence-electron chi connectivity index (χ3n) is 4.25. The molecule has 3 aromatic rings. The highest BCUT2D eigenvalue weighted by atomic mass is 79.9. The first kappa shape index (κ1) is 21.8. The van der Waals surface area contributed by atoms with E-state index in [0.29, 0.717) is 23.6 Å². The third-order valence-corrected chi connectivity index (χ3v) is 5.28. The first-order valence-electron chi connectivity index (χ1n) is 9.11. The largest absolute Gasteiger partial charge is 0.488 e. The van der Waals surface area contributed by atoms with Crippen LogP contribution in [0.4, 0.5) is 5.69 Å². The second-order valence-corrected chi connectivity index (χ2v) is 8.42. The molecule has 30 heavy (non-hydrogen) atoms. The van der Waals surface area contributed by atoms with Crippen molar-refractivity contribution in [2.75, 3.05) is 5.32 Å². The number of halogens is 2. The summed E-state index contributed by atoms with van der Waals surface area (Å²) in [6.45, 7) is 2.34. The zero-order chi connectivity index (χ0) is 21.5. The quantitative estimate of drug-likeness (QED) is 0.289. The summed E-state index contributed by atoms with van der Waals surface area (Å²) >= 11 is 6.85. The number of anilines is 1. The summed E-state index contributed by atoms with van der Waals surface area (Å²) in [5.74, 6) is 0.109. The molecule has 1 amide bonds. The van der Waals surface area contributed by atoms with E-state index in [9.17, 15) is 10.1 Å². The van der Waals surface area contributed by atoms with Gasteiger partial charge in [-0.2, -0.15) is 5.26 Å². The molecule has 4 nitrogen and oxygen atoms in total. The lowest BCUT2D eigenvalue weighted by atomic mass is 10.1. The molecule has 0 heterocycles. The van der Waals surface area contributed by atoms with Crippen molar-refractivity contribution in [2.24, 2.45) is 0 Å². The lowest BCUT2D eigenvalue weighted by Gasteiger charge is -2.11. The van der Waals surface area contributed by atoms with Gasteiger partial charge in [-0.05, 0) is 61.0 Å². The van der Waals surface area contributed by atoms with Crippen molar-refractivity contribution >= 4 is 49.5 Å². The van der Waals surface area contributed by atoms with Crippen LogP contribution in [0.25, 0.3) is 6.08 Å². The fourth-order valence-corrected chi connectivity index (χ4v) is 3.29.